The van der Waals surface area contributed by atoms with Crippen LogP contribution < -0.4 is 9.46 Å². The van der Waals surface area contributed by atoms with Crippen molar-refractivity contribution in [3.8, 4) is 16.9 Å². The SMILES string of the molecule is CC(C)(C)c1ccc(CCCCOc2cc(-c3ccc(C(F)(F)F)cc3)ccc2NS(=O)(=O)C(F)(F)F)cc1. The molecule has 0 unspecified atom stereocenters. The second-order valence-corrected chi connectivity index (χ2v) is 11.8. The van der Waals surface area contributed by atoms with Gasteiger partial charge in [-0.25, -0.2) is 0 Å². The van der Waals surface area contributed by atoms with E-state index in [0.717, 1.165) is 30.2 Å². The molecule has 0 bridgehead atoms. The molecule has 0 aliphatic carbocycles. The zero-order valence-electron chi connectivity index (χ0n) is 21.6. The molecule has 0 spiro atoms. The molecular weight excluding hydrogens is 544 g/mol. The molecule has 0 aliphatic heterocycles. The van der Waals surface area contributed by atoms with Crippen molar-refractivity contribution >= 4 is 15.7 Å². The molecule has 4 nitrogen and oxygen atoms in total. The van der Waals surface area contributed by atoms with Gasteiger partial charge in [0.25, 0.3) is 0 Å². The third kappa shape index (κ3) is 8.14. The molecule has 0 saturated heterocycles. The van der Waals surface area contributed by atoms with Crippen LogP contribution in [0.1, 0.15) is 50.3 Å². The van der Waals surface area contributed by atoms with Crippen molar-refractivity contribution in [2.75, 3.05) is 11.3 Å². The number of sulfonamides is 1. The predicted molar refractivity (Wildman–Crippen MR) is 139 cm³/mol. The molecule has 3 aromatic carbocycles. The predicted octanol–water partition coefficient (Wildman–Crippen LogP) is 8.33. The minimum Gasteiger partial charge on any atom is -0.491 e. The van der Waals surface area contributed by atoms with Crippen LogP contribution in [0.25, 0.3) is 11.1 Å². The highest BCUT2D eigenvalue weighted by Crippen LogP contribution is 2.36. The van der Waals surface area contributed by atoms with E-state index in [1.54, 1.807) is 0 Å². The number of hydrogen-bond acceptors (Lipinski definition) is 3. The Hall–Kier alpha value is -3.21. The van der Waals surface area contributed by atoms with E-state index < -0.39 is 33.0 Å². The minimum absolute atomic E-state index is 0.0343. The van der Waals surface area contributed by atoms with Gasteiger partial charge in [0.1, 0.15) is 5.75 Å². The van der Waals surface area contributed by atoms with Crippen LogP contribution in [0.2, 0.25) is 0 Å². The van der Waals surface area contributed by atoms with Crippen LogP contribution in [0, 0.1) is 0 Å². The fraction of sp³-hybridized carbons (Fsp3) is 0.357. The van der Waals surface area contributed by atoms with Gasteiger partial charge in [-0.3, -0.25) is 4.72 Å². The van der Waals surface area contributed by atoms with Crippen molar-refractivity contribution < 1.29 is 39.5 Å². The lowest BCUT2D eigenvalue weighted by Crippen LogP contribution is -2.30. The molecule has 0 radical (unpaired) electrons. The second-order valence-electron chi connectivity index (χ2n) is 10.1. The van der Waals surface area contributed by atoms with Crippen LogP contribution in [0.3, 0.4) is 0 Å². The van der Waals surface area contributed by atoms with Gasteiger partial charge in [-0.1, -0.05) is 63.2 Å². The van der Waals surface area contributed by atoms with E-state index in [1.807, 2.05) is 12.1 Å². The second kappa shape index (κ2) is 11.5. The van der Waals surface area contributed by atoms with Crippen LogP contribution in [0.4, 0.5) is 32.0 Å². The number of rotatable bonds is 9. The topological polar surface area (TPSA) is 55.4 Å². The van der Waals surface area contributed by atoms with E-state index in [2.05, 4.69) is 32.9 Å². The molecule has 0 amide bonds. The van der Waals surface area contributed by atoms with Crippen molar-refractivity contribution in [1.82, 2.24) is 0 Å². The number of ether oxygens (including phenoxy) is 1. The highest BCUT2D eigenvalue weighted by Gasteiger charge is 2.46. The van der Waals surface area contributed by atoms with E-state index in [1.165, 1.54) is 34.6 Å². The summed E-state index contributed by atoms with van der Waals surface area (Å²) in [6.45, 7) is 6.44. The zero-order chi connectivity index (χ0) is 29.1. The van der Waals surface area contributed by atoms with Gasteiger partial charge < -0.3 is 4.74 Å². The molecule has 3 rings (SSSR count). The summed E-state index contributed by atoms with van der Waals surface area (Å²) in [6, 6.07) is 16.1. The first-order valence-corrected chi connectivity index (χ1v) is 13.6. The lowest BCUT2D eigenvalue weighted by molar-refractivity contribution is -0.137. The minimum atomic E-state index is -5.71. The number of unbranched alkanes of at least 4 members (excludes halogenated alkanes) is 1. The molecule has 0 saturated carbocycles. The molecule has 0 aliphatic rings. The van der Waals surface area contributed by atoms with Crippen molar-refractivity contribution in [2.45, 2.75) is 57.1 Å². The van der Waals surface area contributed by atoms with E-state index >= 15 is 0 Å². The third-order valence-corrected chi connectivity index (χ3v) is 7.11. The maximum Gasteiger partial charge on any atom is 0.516 e. The highest BCUT2D eigenvalue weighted by atomic mass is 32.2. The molecule has 11 heteroatoms. The average Bonchev–Trinajstić information content (AvgIpc) is 2.83. The molecule has 0 heterocycles. The Balaban J connectivity index is 1.74. The summed E-state index contributed by atoms with van der Waals surface area (Å²) in [5.74, 6) is -0.172. The summed E-state index contributed by atoms with van der Waals surface area (Å²) in [5.41, 5.74) is -3.79. The van der Waals surface area contributed by atoms with E-state index in [9.17, 15) is 34.8 Å². The maximum atomic E-state index is 12.9. The van der Waals surface area contributed by atoms with Gasteiger partial charge in [0, 0.05) is 0 Å². The van der Waals surface area contributed by atoms with Gasteiger partial charge in [0.2, 0.25) is 0 Å². The first-order valence-electron chi connectivity index (χ1n) is 12.1. The maximum absolute atomic E-state index is 12.9. The van der Waals surface area contributed by atoms with Crippen LogP contribution in [-0.4, -0.2) is 20.5 Å². The Morgan fingerprint density at radius 3 is 1.85 bits per heavy atom. The standard InChI is InChI=1S/C28H29F6NO3S/c1-26(2,3)22-12-7-19(8-13-22)6-4-5-17-38-25-18-21(20-9-14-23(15-10-20)27(29,30)31)11-16-24(25)35-39(36,37)28(32,33)34/h7-16,18,35H,4-6,17H2,1-3H3. The van der Waals surface area contributed by atoms with Crippen molar-refractivity contribution in [3.63, 3.8) is 0 Å². The normalized spacial score (nSPS) is 12.8. The molecule has 3 aromatic rings. The first-order chi connectivity index (χ1) is 18.0. The van der Waals surface area contributed by atoms with E-state index in [4.69, 9.17) is 4.74 Å². The number of nitrogens with one attached hydrogen (secondary N) is 1. The first kappa shape index (κ1) is 30.3. The molecule has 0 aromatic heterocycles. The summed E-state index contributed by atoms with van der Waals surface area (Å²) in [6.07, 6.45) is -2.55. The van der Waals surface area contributed by atoms with Gasteiger partial charge in [0.15, 0.2) is 0 Å². The number of anilines is 1. The van der Waals surface area contributed by atoms with Crippen LogP contribution in [0.5, 0.6) is 5.75 Å². The Morgan fingerprint density at radius 2 is 1.31 bits per heavy atom. The smallest absolute Gasteiger partial charge is 0.491 e. The summed E-state index contributed by atoms with van der Waals surface area (Å²) >= 11 is 0. The number of halogens is 6. The summed E-state index contributed by atoms with van der Waals surface area (Å²) < 4.78 is 108. The molecule has 0 atom stereocenters. The largest absolute Gasteiger partial charge is 0.516 e. The monoisotopic (exact) mass is 573 g/mol. The van der Waals surface area contributed by atoms with Gasteiger partial charge in [-0.15, -0.1) is 0 Å². The third-order valence-electron chi connectivity index (χ3n) is 6.01. The van der Waals surface area contributed by atoms with Crippen LogP contribution in [-0.2, 0) is 28.0 Å². The van der Waals surface area contributed by atoms with Gasteiger partial charge in [-0.05, 0) is 71.2 Å². The number of aryl methyl sites for hydroxylation is 1. The lowest BCUT2D eigenvalue weighted by atomic mass is 9.86. The zero-order valence-corrected chi connectivity index (χ0v) is 22.4. The lowest BCUT2D eigenvalue weighted by Gasteiger charge is -2.19. The average molecular weight is 574 g/mol. The van der Waals surface area contributed by atoms with Crippen LogP contribution >= 0.6 is 0 Å². The number of benzene rings is 3. The summed E-state index contributed by atoms with van der Waals surface area (Å²) in [7, 11) is -5.71. The van der Waals surface area contributed by atoms with Crippen molar-refractivity contribution in [1.29, 1.82) is 0 Å². The summed E-state index contributed by atoms with van der Waals surface area (Å²) in [4.78, 5) is 0. The molecule has 0 fully saturated rings. The van der Waals surface area contributed by atoms with Gasteiger partial charge >= 0.3 is 21.7 Å². The van der Waals surface area contributed by atoms with Gasteiger partial charge in [-0.2, -0.15) is 34.8 Å². The van der Waals surface area contributed by atoms with E-state index in [-0.39, 0.29) is 17.8 Å². The number of alkyl halides is 6. The van der Waals surface area contributed by atoms with Crippen molar-refractivity contribution in [3.05, 3.63) is 83.4 Å². The van der Waals surface area contributed by atoms with E-state index in [0.29, 0.717) is 24.0 Å². The van der Waals surface area contributed by atoms with Crippen molar-refractivity contribution in [2.24, 2.45) is 0 Å². The Kier molecular flexibility index (Phi) is 8.94. The molecule has 39 heavy (non-hydrogen) atoms. The Labute approximate surface area is 224 Å². The fourth-order valence-electron chi connectivity index (χ4n) is 3.74. The quantitative estimate of drug-likeness (QED) is 0.207. The molecule has 1 N–H and O–H groups in total. The van der Waals surface area contributed by atoms with Gasteiger partial charge in [0.05, 0.1) is 17.9 Å². The highest BCUT2D eigenvalue weighted by molar-refractivity contribution is 7.93. The Morgan fingerprint density at radius 1 is 0.744 bits per heavy atom. The summed E-state index contributed by atoms with van der Waals surface area (Å²) in [5, 5.41) is 0. The fourth-order valence-corrected chi connectivity index (χ4v) is 4.32. The number of hydrogen-bond donors (Lipinski definition) is 1. The molecule has 212 valence electrons. The Bertz CT molecular complexity index is 1360. The van der Waals surface area contributed by atoms with Crippen LogP contribution in [0.15, 0.2) is 66.7 Å². The molecular formula is C28H29F6NO3S.